The monoisotopic (exact) mass is 123 g/mol. The maximum Gasteiger partial charge on any atom is 0.0663 e. The number of hydrogen-bond acceptors (Lipinski definition) is 1. The summed E-state index contributed by atoms with van der Waals surface area (Å²) in [6.07, 6.45) is 4.85. The third-order valence-corrected chi connectivity index (χ3v) is 1.19. The molecule has 0 aliphatic carbocycles. The zero-order valence-electron chi connectivity index (χ0n) is 6.15. The van der Waals surface area contributed by atoms with Gasteiger partial charge in [0.15, 0.2) is 0 Å². The van der Waals surface area contributed by atoms with Crippen LogP contribution in [0.5, 0.6) is 0 Å². The molecule has 0 aromatic carbocycles. The number of nitriles is 1. The van der Waals surface area contributed by atoms with Gasteiger partial charge in [0.2, 0.25) is 0 Å². The zero-order valence-corrected chi connectivity index (χ0v) is 6.15. The SMILES string of the molecule is CCC/C(C)=C\CC#N. The summed E-state index contributed by atoms with van der Waals surface area (Å²) in [5.74, 6) is 0. The Labute approximate surface area is 57.0 Å². The fourth-order valence-electron chi connectivity index (χ4n) is 0.716. The van der Waals surface area contributed by atoms with E-state index in [1.54, 1.807) is 0 Å². The van der Waals surface area contributed by atoms with Crippen molar-refractivity contribution in [3.63, 3.8) is 0 Å². The highest BCUT2D eigenvalue weighted by Gasteiger charge is 1.83. The molecule has 0 aliphatic heterocycles. The van der Waals surface area contributed by atoms with Gasteiger partial charge in [-0.25, -0.2) is 0 Å². The first-order valence-corrected chi connectivity index (χ1v) is 3.33. The second-order valence-corrected chi connectivity index (χ2v) is 2.16. The number of nitrogens with zero attached hydrogens (tertiary/aromatic N) is 1. The molecule has 1 nitrogen and oxygen atoms in total. The standard InChI is InChI=1S/C8H13N/c1-3-5-8(2)6-4-7-9/h6H,3-5H2,1-2H3/b8-6-. The highest BCUT2D eigenvalue weighted by molar-refractivity contribution is 5.01. The first-order chi connectivity index (χ1) is 4.31. The minimum absolute atomic E-state index is 0.561. The van der Waals surface area contributed by atoms with Crippen molar-refractivity contribution in [2.45, 2.75) is 33.1 Å². The van der Waals surface area contributed by atoms with Crippen LogP contribution < -0.4 is 0 Å². The third kappa shape index (κ3) is 5.10. The number of hydrogen-bond donors (Lipinski definition) is 0. The van der Waals surface area contributed by atoms with Crippen LogP contribution in [0.3, 0.4) is 0 Å². The second-order valence-electron chi connectivity index (χ2n) is 2.16. The summed E-state index contributed by atoms with van der Waals surface area (Å²) >= 11 is 0. The quantitative estimate of drug-likeness (QED) is 0.529. The Morgan fingerprint density at radius 3 is 2.78 bits per heavy atom. The highest BCUT2D eigenvalue weighted by atomic mass is 14.2. The smallest absolute Gasteiger partial charge is 0.0663 e. The van der Waals surface area contributed by atoms with Gasteiger partial charge in [-0.1, -0.05) is 25.0 Å². The maximum atomic E-state index is 8.19. The molecule has 0 saturated carbocycles. The molecule has 0 spiro atoms. The average Bonchev–Trinajstić information content (AvgIpc) is 1.85. The second kappa shape index (κ2) is 5.37. The molecule has 0 aliphatic rings. The predicted molar refractivity (Wildman–Crippen MR) is 38.9 cm³/mol. The molecule has 9 heavy (non-hydrogen) atoms. The Hall–Kier alpha value is -0.770. The summed E-state index contributed by atoms with van der Waals surface area (Å²) in [6, 6.07) is 2.08. The minimum Gasteiger partial charge on any atom is -0.198 e. The Morgan fingerprint density at radius 2 is 2.33 bits per heavy atom. The lowest BCUT2D eigenvalue weighted by molar-refractivity contribution is 0.900. The third-order valence-electron chi connectivity index (χ3n) is 1.19. The molecule has 0 atom stereocenters. The van der Waals surface area contributed by atoms with Gasteiger partial charge in [-0.05, 0) is 13.3 Å². The van der Waals surface area contributed by atoms with Gasteiger partial charge in [0.1, 0.15) is 0 Å². The van der Waals surface area contributed by atoms with Crippen LogP contribution in [0.25, 0.3) is 0 Å². The zero-order chi connectivity index (χ0) is 7.11. The molecule has 0 heterocycles. The lowest BCUT2D eigenvalue weighted by atomic mass is 10.1. The van der Waals surface area contributed by atoms with E-state index in [1.165, 1.54) is 12.0 Å². The van der Waals surface area contributed by atoms with Crippen LogP contribution >= 0.6 is 0 Å². The molecule has 0 unspecified atom stereocenters. The van der Waals surface area contributed by atoms with Crippen LogP contribution in [0, 0.1) is 11.3 Å². The van der Waals surface area contributed by atoms with Gasteiger partial charge in [-0.2, -0.15) is 5.26 Å². The van der Waals surface area contributed by atoms with Crippen LogP contribution in [0.4, 0.5) is 0 Å². The molecule has 0 aromatic heterocycles. The van der Waals surface area contributed by atoms with Crippen LogP contribution in [0.2, 0.25) is 0 Å². The first kappa shape index (κ1) is 8.23. The molecule has 0 aromatic rings. The van der Waals surface area contributed by atoms with Crippen molar-refractivity contribution < 1.29 is 0 Å². The normalized spacial score (nSPS) is 11.0. The fourth-order valence-corrected chi connectivity index (χ4v) is 0.716. The van der Waals surface area contributed by atoms with Gasteiger partial charge in [-0.15, -0.1) is 0 Å². The van der Waals surface area contributed by atoms with E-state index < -0.39 is 0 Å². The Kier molecular flexibility index (Phi) is 4.91. The largest absolute Gasteiger partial charge is 0.198 e. The number of allylic oxidation sites excluding steroid dienone is 2. The topological polar surface area (TPSA) is 23.8 Å². The van der Waals surface area contributed by atoms with E-state index in [9.17, 15) is 0 Å². The Balaban J connectivity index is 3.45. The van der Waals surface area contributed by atoms with Gasteiger partial charge in [0.25, 0.3) is 0 Å². The molecular formula is C8H13N. The van der Waals surface area contributed by atoms with Gasteiger partial charge >= 0.3 is 0 Å². The summed E-state index contributed by atoms with van der Waals surface area (Å²) in [5.41, 5.74) is 1.33. The van der Waals surface area contributed by atoms with Crippen molar-refractivity contribution in [2.75, 3.05) is 0 Å². The van der Waals surface area contributed by atoms with E-state index in [0.717, 1.165) is 6.42 Å². The molecule has 0 fully saturated rings. The summed E-state index contributed by atoms with van der Waals surface area (Å²) < 4.78 is 0. The highest BCUT2D eigenvalue weighted by Crippen LogP contribution is 2.02. The molecule has 0 bridgehead atoms. The summed E-state index contributed by atoms with van der Waals surface area (Å²) in [5, 5.41) is 8.19. The summed E-state index contributed by atoms with van der Waals surface area (Å²) in [7, 11) is 0. The minimum atomic E-state index is 0.561. The molecule has 0 rings (SSSR count). The van der Waals surface area contributed by atoms with E-state index in [1.807, 2.05) is 6.08 Å². The van der Waals surface area contributed by atoms with E-state index in [4.69, 9.17) is 5.26 Å². The van der Waals surface area contributed by atoms with Crippen molar-refractivity contribution >= 4 is 0 Å². The van der Waals surface area contributed by atoms with Crippen LogP contribution in [0.1, 0.15) is 33.1 Å². The van der Waals surface area contributed by atoms with Gasteiger partial charge < -0.3 is 0 Å². The molecule has 1 heteroatoms. The van der Waals surface area contributed by atoms with E-state index in [0.29, 0.717) is 6.42 Å². The van der Waals surface area contributed by atoms with Crippen LogP contribution in [-0.4, -0.2) is 0 Å². The first-order valence-electron chi connectivity index (χ1n) is 3.33. The van der Waals surface area contributed by atoms with Crippen LogP contribution in [0.15, 0.2) is 11.6 Å². The van der Waals surface area contributed by atoms with Crippen molar-refractivity contribution in [3.8, 4) is 6.07 Å². The average molecular weight is 123 g/mol. The van der Waals surface area contributed by atoms with Gasteiger partial charge in [-0.3, -0.25) is 0 Å². The summed E-state index contributed by atoms with van der Waals surface area (Å²) in [6.45, 7) is 4.21. The predicted octanol–water partition coefficient (Wildman–Crippen LogP) is 2.65. The molecule has 0 amide bonds. The van der Waals surface area contributed by atoms with Crippen molar-refractivity contribution in [1.82, 2.24) is 0 Å². The van der Waals surface area contributed by atoms with E-state index in [2.05, 4.69) is 19.9 Å². The van der Waals surface area contributed by atoms with Gasteiger partial charge in [0.05, 0.1) is 12.5 Å². The lowest BCUT2D eigenvalue weighted by Gasteiger charge is -1.92. The Bertz CT molecular complexity index is 128. The molecule has 0 N–H and O–H groups in total. The van der Waals surface area contributed by atoms with Crippen molar-refractivity contribution in [1.29, 1.82) is 5.26 Å². The molecule has 0 radical (unpaired) electrons. The maximum absolute atomic E-state index is 8.19. The van der Waals surface area contributed by atoms with E-state index in [-0.39, 0.29) is 0 Å². The fraction of sp³-hybridized carbons (Fsp3) is 0.625. The summed E-state index contributed by atoms with van der Waals surface area (Å²) in [4.78, 5) is 0. The molecule has 50 valence electrons. The van der Waals surface area contributed by atoms with Crippen molar-refractivity contribution in [3.05, 3.63) is 11.6 Å². The Morgan fingerprint density at radius 1 is 1.67 bits per heavy atom. The molecular weight excluding hydrogens is 110 g/mol. The van der Waals surface area contributed by atoms with Gasteiger partial charge in [0, 0.05) is 0 Å². The molecule has 0 saturated heterocycles. The van der Waals surface area contributed by atoms with E-state index >= 15 is 0 Å². The number of rotatable bonds is 3. The van der Waals surface area contributed by atoms with Crippen molar-refractivity contribution in [2.24, 2.45) is 0 Å². The lowest BCUT2D eigenvalue weighted by Crippen LogP contribution is -1.73. The van der Waals surface area contributed by atoms with Crippen LogP contribution in [-0.2, 0) is 0 Å².